The van der Waals surface area contributed by atoms with Crippen LogP contribution < -0.4 is 0 Å². The van der Waals surface area contributed by atoms with Crippen molar-refractivity contribution in [1.82, 2.24) is 0 Å². The molecule has 0 aliphatic rings. The summed E-state index contributed by atoms with van der Waals surface area (Å²) >= 11 is 0. The Kier molecular flexibility index (Phi) is 2.90. The van der Waals surface area contributed by atoms with Gasteiger partial charge in [-0.1, -0.05) is 65.8 Å². The average Bonchev–Trinajstić information content (AvgIpc) is 3.01. The molecule has 0 aliphatic heterocycles. The number of rotatable bonds is 2. The first kappa shape index (κ1) is 12.7. The van der Waals surface area contributed by atoms with Crippen molar-refractivity contribution < 1.29 is 9.62 Å². The van der Waals surface area contributed by atoms with Crippen molar-refractivity contribution in [3.05, 3.63) is 84.1 Å². The third-order valence-electron chi connectivity index (χ3n) is 3.81. The third kappa shape index (κ3) is 1.95. The van der Waals surface area contributed by atoms with Crippen molar-refractivity contribution in [2.45, 2.75) is 0 Å². The third-order valence-corrected chi connectivity index (χ3v) is 3.81. The molecule has 22 heavy (non-hydrogen) atoms. The maximum absolute atomic E-state index is 9.40. The summed E-state index contributed by atoms with van der Waals surface area (Å²) < 4.78 is 5.89. The Balaban J connectivity index is 1.94. The second-order valence-electron chi connectivity index (χ2n) is 5.12. The number of hydrogen-bond acceptors (Lipinski definition) is 3. The second kappa shape index (κ2) is 5.04. The lowest BCUT2D eigenvalue weighted by Gasteiger charge is -1.99. The van der Waals surface area contributed by atoms with Gasteiger partial charge in [0.05, 0.1) is 0 Å². The van der Waals surface area contributed by atoms with Crippen LogP contribution in [-0.2, 0) is 0 Å². The van der Waals surface area contributed by atoms with Crippen molar-refractivity contribution >= 4 is 27.5 Å². The van der Waals surface area contributed by atoms with Crippen LogP contribution in [0.2, 0.25) is 0 Å². The zero-order valence-electron chi connectivity index (χ0n) is 11.7. The van der Waals surface area contributed by atoms with Gasteiger partial charge in [0.15, 0.2) is 11.5 Å². The highest BCUT2D eigenvalue weighted by Gasteiger charge is 2.14. The van der Waals surface area contributed by atoms with Crippen LogP contribution in [0.5, 0.6) is 0 Å². The molecular formula is C19H13NO2. The fourth-order valence-corrected chi connectivity index (χ4v) is 2.75. The van der Waals surface area contributed by atoms with E-state index in [0.717, 1.165) is 27.3 Å². The van der Waals surface area contributed by atoms with Crippen molar-refractivity contribution in [1.29, 1.82) is 0 Å². The van der Waals surface area contributed by atoms with Crippen molar-refractivity contribution in [2.24, 2.45) is 5.16 Å². The Morgan fingerprint density at radius 3 is 2.41 bits per heavy atom. The Labute approximate surface area is 127 Å². The first-order valence-corrected chi connectivity index (χ1v) is 7.06. The van der Waals surface area contributed by atoms with Gasteiger partial charge < -0.3 is 9.62 Å². The van der Waals surface area contributed by atoms with Gasteiger partial charge in [-0.15, -0.1) is 0 Å². The molecule has 0 fully saturated rings. The van der Waals surface area contributed by atoms with E-state index in [1.54, 1.807) is 0 Å². The molecule has 3 nitrogen and oxygen atoms in total. The van der Waals surface area contributed by atoms with E-state index in [0.29, 0.717) is 11.5 Å². The highest BCUT2D eigenvalue weighted by molar-refractivity contribution is 6.15. The Morgan fingerprint density at radius 1 is 0.818 bits per heavy atom. The molecule has 0 atom stereocenters. The van der Waals surface area contributed by atoms with Crippen LogP contribution in [0.15, 0.2) is 82.4 Å². The normalized spacial score (nSPS) is 12.1. The zero-order chi connectivity index (χ0) is 14.9. The van der Waals surface area contributed by atoms with Crippen LogP contribution in [0, 0.1) is 0 Å². The summed E-state index contributed by atoms with van der Waals surface area (Å²) in [7, 11) is 0. The van der Waals surface area contributed by atoms with Crippen LogP contribution in [0.25, 0.3) is 21.7 Å². The van der Waals surface area contributed by atoms with Gasteiger partial charge in [-0.25, -0.2) is 0 Å². The zero-order valence-corrected chi connectivity index (χ0v) is 11.7. The monoisotopic (exact) mass is 287 g/mol. The minimum atomic E-state index is 0.431. The maximum atomic E-state index is 9.40. The topological polar surface area (TPSA) is 45.7 Å². The highest BCUT2D eigenvalue weighted by Crippen LogP contribution is 2.29. The molecule has 0 radical (unpaired) electrons. The summed E-state index contributed by atoms with van der Waals surface area (Å²) in [5.41, 5.74) is 2.03. The van der Waals surface area contributed by atoms with E-state index in [-0.39, 0.29) is 0 Å². The molecule has 0 saturated carbocycles. The van der Waals surface area contributed by atoms with Gasteiger partial charge in [0.2, 0.25) is 0 Å². The molecule has 0 unspecified atom stereocenters. The summed E-state index contributed by atoms with van der Waals surface area (Å²) in [5, 5.41) is 16.1. The molecule has 0 aliphatic carbocycles. The smallest absolute Gasteiger partial charge is 0.157 e. The van der Waals surface area contributed by atoms with Crippen LogP contribution in [0.3, 0.4) is 0 Å². The highest BCUT2D eigenvalue weighted by atomic mass is 16.4. The quantitative estimate of drug-likeness (QED) is 0.326. The molecule has 1 heterocycles. The summed E-state index contributed by atoms with van der Waals surface area (Å²) in [4.78, 5) is 0. The molecule has 0 spiro atoms. The number of benzene rings is 3. The standard InChI is InChI=1S/C19H13NO2/c21-20-19(14-7-2-1-3-8-14)18-12-16-15-9-5-4-6-13(15)10-11-17(16)22-18/h1-12,21H. The molecule has 4 aromatic rings. The lowest BCUT2D eigenvalue weighted by molar-refractivity contribution is 0.318. The molecular weight excluding hydrogens is 274 g/mol. The van der Waals surface area contributed by atoms with Gasteiger partial charge in [-0.05, 0) is 22.9 Å². The second-order valence-corrected chi connectivity index (χ2v) is 5.12. The molecule has 1 aromatic heterocycles. The number of hydrogen-bond donors (Lipinski definition) is 1. The Hall–Kier alpha value is -3.07. The summed E-state index contributed by atoms with van der Waals surface area (Å²) in [6.45, 7) is 0. The summed E-state index contributed by atoms with van der Waals surface area (Å²) in [6.07, 6.45) is 0. The molecule has 106 valence electrons. The summed E-state index contributed by atoms with van der Waals surface area (Å²) in [6, 6.07) is 23.6. The summed E-state index contributed by atoms with van der Waals surface area (Å²) in [5.74, 6) is 0.556. The molecule has 0 amide bonds. The molecule has 0 bridgehead atoms. The number of oxime groups is 1. The van der Waals surface area contributed by atoms with Gasteiger partial charge in [-0.2, -0.15) is 0 Å². The van der Waals surface area contributed by atoms with Gasteiger partial charge in [0, 0.05) is 10.9 Å². The lowest BCUT2D eigenvalue weighted by atomic mass is 10.1. The van der Waals surface area contributed by atoms with Crippen molar-refractivity contribution in [3.8, 4) is 0 Å². The first-order valence-electron chi connectivity index (χ1n) is 7.06. The van der Waals surface area contributed by atoms with Crippen LogP contribution in [0.1, 0.15) is 11.3 Å². The average molecular weight is 287 g/mol. The largest absolute Gasteiger partial charge is 0.454 e. The molecule has 0 saturated heterocycles. The molecule has 4 rings (SSSR count). The molecule has 1 N–H and O–H groups in total. The number of furan rings is 1. The van der Waals surface area contributed by atoms with Gasteiger partial charge in [0.1, 0.15) is 5.58 Å². The number of fused-ring (bicyclic) bond motifs is 3. The van der Waals surface area contributed by atoms with Crippen LogP contribution >= 0.6 is 0 Å². The number of nitrogens with zero attached hydrogens (tertiary/aromatic N) is 1. The maximum Gasteiger partial charge on any atom is 0.157 e. The molecule has 3 aromatic carbocycles. The fraction of sp³-hybridized carbons (Fsp3) is 0. The predicted molar refractivity (Wildman–Crippen MR) is 87.6 cm³/mol. The van der Waals surface area contributed by atoms with Gasteiger partial charge in [0.25, 0.3) is 0 Å². The van der Waals surface area contributed by atoms with Gasteiger partial charge in [-0.3, -0.25) is 0 Å². The van der Waals surface area contributed by atoms with E-state index in [2.05, 4.69) is 17.3 Å². The van der Waals surface area contributed by atoms with E-state index < -0.39 is 0 Å². The minimum absolute atomic E-state index is 0.431. The Bertz CT molecular complexity index is 984. The van der Waals surface area contributed by atoms with Crippen molar-refractivity contribution in [2.75, 3.05) is 0 Å². The van der Waals surface area contributed by atoms with E-state index in [9.17, 15) is 5.21 Å². The minimum Gasteiger partial charge on any atom is -0.454 e. The van der Waals surface area contributed by atoms with E-state index >= 15 is 0 Å². The van der Waals surface area contributed by atoms with E-state index in [1.165, 1.54) is 0 Å². The Morgan fingerprint density at radius 2 is 1.59 bits per heavy atom. The van der Waals surface area contributed by atoms with E-state index in [1.807, 2.05) is 60.7 Å². The lowest BCUT2D eigenvalue weighted by Crippen LogP contribution is -2.01. The van der Waals surface area contributed by atoms with Gasteiger partial charge >= 0.3 is 0 Å². The van der Waals surface area contributed by atoms with Crippen LogP contribution in [0.4, 0.5) is 0 Å². The van der Waals surface area contributed by atoms with Crippen molar-refractivity contribution in [3.63, 3.8) is 0 Å². The predicted octanol–water partition coefficient (Wildman–Crippen LogP) is 4.81. The first-order chi connectivity index (χ1) is 10.9. The SMILES string of the molecule is ON=C(c1ccccc1)c1cc2c(ccc3ccccc32)o1. The van der Waals surface area contributed by atoms with Crippen LogP contribution in [-0.4, -0.2) is 10.9 Å². The van der Waals surface area contributed by atoms with E-state index in [4.69, 9.17) is 4.42 Å². The fourth-order valence-electron chi connectivity index (χ4n) is 2.75. The molecule has 3 heteroatoms.